The van der Waals surface area contributed by atoms with Gasteiger partial charge in [-0.05, 0) is 42.0 Å². The minimum Gasteiger partial charge on any atom is -0.394 e. The van der Waals surface area contributed by atoms with Crippen LogP contribution in [0.5, 0.6) is 0 Å². The number of aliphatic hydroxyl groups excluding tert-OH is 1. The monoisotopic (exact) mass is 349 g/mol. The fourth-order valence-electron chi connectivity index (χ4n) is 3.84. The Balaban J connectivity index is 1.57. The average molecular weight is 349 g/mol. The molecule has 0 bridgehead atoms. The van der Waals surface area contributed by atoms with Gasteiger partial charge in [-0.1, -0.05) is 42.5 Å². The van der Waals surface area contributed by atoms with Crippen LogP contribution < -0.4 is 5.32 Å². The zero-order valence-electron chi connectivity index (χ0n) is 14.7. The van der Waals surface area contributed by atoms with E-state index in [1.165, 1.54) is 5.39 Å². The number of carbonyl (C=O) groups is 1. The molecule has 0 atom stereocenters. The number of aromatic nitrogens is 2. The van der Waals surface area contributed by atoms with Crippen molar-refractivity contribution in [2.75, 3.05) is 6.61 Å². The lowest BCUT2D eigenvalue weighted by Crippen LogP contribution is -2.25. The summed E-state index contributed by atoms with van der Waals surface area (Å²) in [6.45, 7) is 0.950. The van der Waals surface area contributed by atoms with Gasteiger partial charge in [0.2, 0.25) is 0 Å². The molecule has 0 radical (unpaired) electrons. The summed E-state index contributed by atoms with van der Waals surface area (Å²) in [6, 6.07) is 14.3. The first-order valence-corrected chi connectivity index (χ1v) is 9.22. The van der Waals surface area contributed by atoms with E-state index >= 15 is 0 Å². The molecule has 2 aromatic carbocycles. The highest BCUT2D eigenvalue weighted by atomic mass is 16.3. The highest BCUT2D eigenvalue weighted by Gasteiger charge is 2.24. The van der Waals surface area contributed by atoms with E-state index in [4.69, 9.17) is 0 Å². The highest BCUT2D eigenvalue weighted by molar-refractivity contribution is 5.94. The summed E-state index contributed by atoms with van der Waals surface area (Å²) in [5, 5.41) is 19.1. The van der Waals surface area contributed by atoms with Crippen molar-refractivity contribution >= 4 is 16.7 Å². The van der Waals surface area contributed by atoms with Gasteiger partial charge < -0.3 is 10.4 Å². The molecular formula is C21H23N3O2. The molecule has 2 N–H and O–H groups in total. The van der Waals surface area contributed by atoms with E-state index in [-0.39, 0.29) is 12.5 Å². The van der Waals surface area contributed by atoms with Crippen LogP contribution in [-0.2, 0) is 25.9 Å². The highest BCUT2D eigenvalue weighted by Crippen LogP contribution is 2.25. The zero-order chi connectivity index (χ0) is 17.9. The van der Waals surface area contributed by atoms with Crippen LogP contribution in [0, 0.1) is 0 Å². The molecule has 0 saturated heterocycles. The van der Waals surface area contributed by atoms with Gasteiger partial charge in [0, 0.05) is 17.8 Å². The van der Waals surface area contributed by atoms with E-state index in [1.807, 2.05) is 24.3 Å². The van der Waals surface area contributed by atoms with Crippen LogP contribution in [0.15, 0.2) is 42.5 Å². The Bertz CT molecular complexity index is 940. The summed E-state index contributed by atoms with van der Waals surface area (Å²) in [4.78, 5) is 12.8. The Morgan fingerprint density at radius 2 is 1.92 bits per heavy atom. The topological polar surface area (TPSA) is 67.2 Å². The van der Waals surface area contributed by atoms with Crippen molar-refractivity contribution in [1.82, 2.24) is 15.1 Å². The SMILES string of the molecule is O=C(NCc1cccc2ccccc12)c1nn(CCO)c2c1CCCC2. The number of amides is 1. The number of nitrogens with one attached hydrogen (secondary N) is 1. The summed E-state index contributed by atoms with van der Waals surface area (Å²) < 4.78 is 1.81. The molecule has 4 rings (SSSR count). The van der Waals surface area contributed by atoms with Gasteiger partial charge in [-0.3, -0.25) is 9.48 Å². The number of hydrogen-bond acceptors (Lipinski definition) is 3. The summed E-state index contributed by atoms with van der Waals surface area (Å²) in [5.41, 5.74) is 3.79. The summed E-state index contributed by atoms with van der Waals surface area (Å²) >= 11 is 0. The largest absolute Gasteiger partial charge is 0.394 e. The number of hydrogen-bond donors (Lipinski definition) is 2. The summed E-state index contributed by atoms with van der Waals surface area (Å²) in [5.74, 6) is -0.132. The molecule has 0 aliphatic heterocycles. The molecule has 0 spiro atoms. The maximum atomic E-state index is 12.8. The van der Waals surface area contributed by atoms with Gasteiger partial charge in [0.05, 0.1) is 13.2 Å². The van der Waals surface area contributed by atoms with Crippen LogP contribution in [0.1, 0.15) is 40.2 Å². The van der Waals surface area contributed by atoms with Crippen molar-refractivity contribution in [3.05, 3.63) is 65.0 Å². The van der Waals surface area contributed by atoms with Gasteiger partial charge in [-0.25, -0.2) is 0 Å². The van der Waals surface area contributed by atoms with E-state index < -0.39 is 0 Å². The molecule has 134 valence electrons. The fraction of sp³-hybridized carbons (Fsp3) is 0.333. The molecule has 1 aromatic heterocycles. The van der Waals surface area contributed by atoms with Crippen LogP contribution in [0.3, 0.4) is 0 Å². The molecule has 5 heteroatoms. The van der Waals surface area contributed by atoms with E-state index in [9.17, 15) is 9.90 Å². The second kappa shape index (κ2) is 7.30. The quantitative estimate of drug-likeness (QED) is 0.744. The number of carbonyl (C=O) groups excluding carboxylic acids is 1. The standard InChI is InChI=1S/C21H23N3O2/c25-13-12-24-19-11-4-3-10-18(19)20(23-24)21(26)22-14-16-8-5-7-15-6-1-2-9-17(15)16/h1-2,5-9,25H,3-4,10-14H2,(H,22,26). The van der Waals surface area contributed by atoms with Crippen molar-refractivity contribution in [1.29, 1.82) is 0 Å². The molecule has 1 heterocycles. The van der Waals surface area contributed by atoms with Gasteiger partial charge in [0.15, 0.2) is 5.69 Å². The molecule has 0 unspecified atom stereocenters. The van der Waals surface area contributed by atoms with Gasteiger partial charge in [-0.2, -0.15) is 5.10 Å². The lowest BCUT2D eigenvalue weighted by molar-refractivity contribution is 0.0944. The van der Waals surface area contributed by atoms with Gasteiger partial charge in [0.25, 0.3) is 5.91 Å². The van der Waals surface area contributed by atoms with Crippen LogP contribution >= 0.6 is 0 Å². The normalized spacial score (nSPS) is 13.6. The molecule has 1 aliphatic carbocycles. The Morgan fingerprint density at radius 1 is 1.12 bits per heavy atom. The molecule has 5 nitrogen and oxygen atoms in total. The summed E-state index contributed by atoms with van der Waals surface area (Å²) in [6.07, 6.45) is 4.01. The van der Waals surface area contributed by atoms with E-state index in [1.54, 1.807) is 4.68 Å². The van der Waals surface area contributed by atoms with Crippen LogP contribution in [0.4, 0.5) is 0 Å². The predicted octanol–water partition coefficient (Wildman–Crippen LogP) is 2.84. The average Bonchev–Trinajstić information content (AvgIpc) is 3.05. The van der Waals surface area contributed by atoms with Gasteiger partial charge >= 0.3 is 0 Å². The molecule has 1 amide bonds. The van der Waals surface area contributed by atoms with E-state index in [2.05, 4.69) is 28.6 Å². The first-order valence-electron chi connectivity index (χ1n) is 9.22. The Kier molecular flexibility index (Phi) is 4.71. The fourth-order valence-corrected chi connectivity index (χ4v) is 3.84. The van der Waals surface area contributed by atoms with E-state index in [0.717, 1.165) is 47.9 Å². The first kappa shape index (κ1) is 16.8. The minimum absolute atomic E-state index is 0.0329. The number of nitrogens with zero attached hydrogens (tertiary/aromatic N) is 2. The van der Waals surface area contributed by atoms with Crippen LogP contribution in [0.2, 0.25) is 0 Å². The maximum absolute atomic E-state index is 12.8. The first-order chi connectivity index (χ1) is 12.8. The van der Waals surface area contributed by atoms with Gasteiger partial charge in [-0.15, -0.1) is 0 Å². The third-order valence-electron chi connectivity index (χ3n) is 5.10. The predicted molar refractivity (Wildman–Crippen MR) is 101 cm³/mol. The second-order valence-electron chi connectivity index (χ2n) is 6.75. The molecule has 0 fully saturated rings. The van der Waals surface area contributed by atoms with Crippen LogP contribution in [0.25, 0.3) is 10.8 Å². The van der Waals surface area contributed by atoms with Crippen molar-refractivity contribution in [3.8, 4) is 0 Å². The molecule has 0 saturated carbocycles. The number of aliphatic hydroxyl groups is 1. The zero-order valence-corrected chi connectivity index (χ0v) is 14.7. The van der Waals surface area contributed by atoms with Gasteiger partial charge in [0.1, 0.15) is 0 Å². The molecular weight excluding hydrogens is 326 g/mol. The molecule has 1 aliphatic rings. The van der Waals surface area contributed by atoms with Crippen molar-refractivity contribution in [3.63, 3.8) is 0 Å². The Hall–Kier alpha value is -2.66. The van der Waals surface area contributed by atoms with Crippen LogP contribution in [-0.4, -0.2) is 27.4 Å². The number of benzene rings is 2. The Morgan fingerprint density at radius 3 is 2.81 bits per heavy atom. The third-order valence-corrected chi connectivity index (χ3v) is 5.10. The third kappa shape index (κ3) is 3.10. The van der Waals surface area contributed by atoms with Crippen molar-refractivity contribution in [2.45, 2.75) is 38.8 Å². The lowest BCUT2D eigenvalue weighted by Gasteiger charge is -2.13. The van der Waals surface area contributed by atoms with Crippen molar-refractivity contribution < 1.29 is 9.90 Å². The van der Waals surface area contributed by atoms with Crippen molar-refractivity contribution in [2.24, 2.45) is 0 Å². The van der Waals surface area contributed by atoms with E-state index in [0.29, 0.717) is 18.8 Å². The molecule has 26 heavy (non-hydrogen) atoms. The second-order valence-corrected chi connectivity index (χ2v) is 6.75. The minimum atomic E-state index is -0.132. The smallest absolute Gasteiger partial charge is 0.272 e. The lowest BCUT2D eigenvalue weighted by atomic mass is 9.95. The number of rotatable bonds is 5. The Labute approximate surface area is 152 Å². The maximum Gasteiger partial charge on any atom is 0.272 e. The number of fused-ring (bicyclic) bond motifs is 2. The summed E-state index contributed by atoms with van der Waals surface area (Å²) in [7, 11) is 0. The molecule has 3 aromatic rings.